The predicted molar refractivity (Wildman–Crippen MR) is 91.3 cm³/mol. The van der Waals surface area contributed by atoms with Crippen molar-refractivity contribution in [3.05, 3.63) is 70.5 Å². The summed E-state index contributed by atoms with van der Waals surface area (Å²) < 4.78 is 12.8. The van der Waals surface area contributed by atoms with Crippen molar-refractivity contribution < 1.29 is 14.0 Å². The minimum atomic E-state index is -0.349. The smallest absolute Gasteiger partial charge is 0.239 e. The van der Waals surface area contributed by atoms with Gasteiger partial charge in [0.2, 0.25) is 11.8 Å². The van der Waals surface area contributed by atoms with Crippen LogP contribution in [0.1, 0.15) is 11.1 Å². The minimum absolute atomic E-state index is 0.0877. The van der Waals surface area contributed by atoms with E-state index in [1.54, 1.807) is 18.2 Å². The maximum absolute atomic E-state index is 12.8. The molecule has 0 saturated carbocycles. The summed E-state index contributed by atoms with van der Waals surface area (Å²) in [6.45, 7) is 0.378. The van der Waals surface area contributed by atoms with Gasteiger partial charge in [-0.15, -0.1) is 0 Å². The Hall–Kier alpha value is -2.40. The second-order valence-electron chi connectivity index (χ2n) is 5.31. The third-order valence-electron chi connectivity index (χ3n) is 3.35. The van der Waals surface area contributed by atoms with Gasteiger partial charge in [0, 0.05) is 11.6 Å². The van der Waals surface area contributed by atoms with E-state index < -0.39 is 0 Å². The van der Waals surface area contributed by atoms with Gasteiger partial charge < -0.3 is 10.6 Å². The standard InChI is InChI=1S/C18H18ClFN2O2/c19-15-3-1-2-13(10-15)8-9-21-18(24)12-22-17(23)11-14-4-6-16(20)7-5-14/h1-7,10H,8-9,11-12H2,(H,21,24)(H,22,23). The van der Waals surface area contributed by atoms with Crippen molar-refractivity contribution in [1.82, 2.24) is 10.6 Å². The van der Waals surface area contributed by atoms with E-state index in [-0.39, 0.29) is 30.6 Å². The summed E-state index contributed by atoms with van der Waals surface area (Å²) >= 11 is 5.89. The van der Waals surface area contributed by atoms with Gasteiger partial charge in [-0.2, -0.15) is 0 Å². The van der Waals surface area contributed by atoms with E-state index in [1.807, 2.05) is 18.2 Å². The number of hydrogen-bond acceptors (Lipinski definition) is 2. The van der Waals surface area contributed by atoms with Gasteiger partial charge >= 0.3 is 0 Å². The fourth-order valence-electron chi connectivity index (χ4n) is 2.13. The Kier molecular flexibility index (Phi) is 6.75. The molecular formula is C18H18ClFN2O2. The maximum atomic E-state index is 12.8. The zero-order chi connectivity index (χ0) is 17.4. The van der Waals surface area contributed by atoms with Gasteiger partial charge in [0.05, 0.1) is 13.0 Å². The lowest BCUT2D eigenvalue weighted by Crippen LogP contribution is -2.38. The average molecular weight is 349 g/mol. The highest BCUT2D eigenvalue weighted by Crippen LogP contribution is 2.10. The lowest BCUT2D eigenvalue weighted by Gasteiger charge is -2.07. The average Bonchev–Trinajstić information content (AvgIpc) is 2.55. The molecule has 0 aliphatic rings. The summed E-state index contributed by atoms with van der Waals surface area (Å²) in [5.41, 5.74) is 1.72. The van der Waals surface area contributed by atoms with Crippen LogP contribution in [0.3, 0.4) is 0 Å². The Morgan fingerprint density at radius 3 is 2.42 bits per heavy atom. The fraction of sp³-hybridized carbons (Fsp3) is 0.222. The van der Waals surface area contributed by atoms with Gasteiger partial charge in [-0.1, -0.05) is 35.9 Å². The molecule has 0 radical (unpaired) electrons. The number of carbonyl (C=O) groups excluding carboxylic acids is 2. The molecule has 2 N–H and O–H groups in total. The zero-order valence-electron chi connectivity index (χ0n) is 13.0. The summed E-state index contributed by atoms with van der Waals surface area (Å²) in [7, 11) is 0. The second kappa shape index (κ2) is 9.03. The third-order valence-corrected chi connectivity index (χ3v) is 3.58. The molecule has 126 valence electrons. The van der Waals surface area contributed by atoms with Gasteiger partial charge in [0.25, 0.3) is 0 Å². The molecule has 0 fully saturated rings. The van der Waals surface area contributed by atoms with Crippen LogP contribution in [0.2, 0.25) is 5.02 Å². The van der Waals surface area contributed by atoms with Crippen LogP contribution in [0.5, 0.6) is 0 Å². The summed E-state index contributed by atoms with van der Waals surface area (Å²) in [6, 6.07) is 13.1. The lowest BCUT2D eigenvalue weighted by molar-refractivity contribution is -0.125. The molecular weight excluding hydrogens is 331 g/mol. The number of rotatable bonds is 7. The number of amides is 2. The summed E-state index contributed by atoms with van der Waals surface area (Å²) in [5, 5.41) is 5.93. The third kappa shape index (κ3) is 6.38. The van der Waals surface area contributed by atoms with Crippen LogP contribution in [0.4, 0.5) is 4.39 Å². The highest BCUT2D eigenvalue weighted by molar-refractivity contribution is 6.30. The first-order valence-corrected chi connectivity index (χ1v) is 7.93. The molecule has 2 aromatic carbocycles. The SMILES string of the molecule is O=C(CNC(=O)Cc1ccc(F)cc1)NCCc1cccc(Cl)c1. The van der Waals surface area contributed by atoms with Gasteiger partial charge in [0.15, 0.2) is 0 Å². The van der Waals surface area contributed by atoms with Crippen LogP contribution in [-0.2, 0) is 22.4 Å². The Labute approximate surface area is 145 Å². The van der Waals surface area contributed by atoms with E-state index in [9.17, 15) is 14.0 Å². The Morgan fingerprint density at radius 1 is 0.958 bits per heavy atom. The van der Waals surface area contributed by atoms with Crippen LogP contribution >= 0.6 is 11.6 Å². The van der Waals surface area contributed by atoms with Crippen molar-refractivity contribution in [2.75, 3.05) is 13.1 Å². The van der Waals surface area contributed by atoms with Gasteiger partial charge in [-0.3, -0.25) is 9.59 Å². The Bertz CT molecular complexity index is 704. The first kappa shape index (κ1) is 17.9. The molecule has 24 heavy (non-hydrogen) atoms. The van der Waals surface area contributed by atoms with E-state index in [4.69, 9.17) is 11.6 Å². The van der Waals surface area contributed by atoms with Crippen LogP contribution in [0, 0.1) is 5.82 Å². The molecule has 2 rings (SSSR count). The van der Waals surface area contributed by atoms with Gasteiger partial charge in [0.1, 0.15) is 5.82 Å². The monoisotopic (exact) mass is 348 g/mol. The van der Waals surface area contributed by atoms with E-state index in [0.29, 0.717) is 23.6 Å². The van der Waals surface area contributed by atoms with E-state index >= 15 is 0 Å². The number of hydrogen-bond donors (Lipinski definition) is 2. The molecule has 2 aromatic rings. The first-order chi connectivity index (χ1) is 11.5. The van der Waals surface area contributed by atoms with Gasteiger partial charge in [-0.05, 0) is 41.8 Å². The van der Waals surface area contributed by atoms with E-state index in [2.05, 4.69) is 10.6 Å². The van der Waals surface area contributed by atoms with Crippen molar-refractivity contribution in [3.63, 3.8) is 0 Å². The van der Waals surface area contributed by atoms with E-state index in [0.717, 1.165) is 5.56 Å². The molecule has 0 spiro atoms. The highest BCUT2D eigenvalue weighted by Gasteiger charge is 2.06. The van der Waals surface area contributed by atoms with Gasteiger partial charge in [-0.25, -0.2) is 4.39 Å². The molecule has 0 aliphatic heterocycles. The van der Waals surface area contributed by atoms with Crippen LogP contribution in [0.15, 0.2) is 48.5 Å². The highest BCUT2D eigenvalue weighted by atomic mass is 35.5. The van der Waals surface area contributed by atoms with Crippen molar-refractivity contribution >= 4 is 23.4 Å². The molecule has 2 amide bonds. The number of nitrogens with one attached hydrogen (secondary N) is 2. The molecule has 0 atom stereocenters. The van der Waals surface area contributed by atoms with Crippen LogP contribution in [-0.4, -0.2) is 24.9 Å². The van der Waals surface area contributed by atoms with Crippen molar-refractivity contribution in [2.24, 2.45) is 0 Å². The molecule has 6 heteroatoms. The summed E-state index contributed by atoms with van der Waals surface area (Å²) in [6.07, 6.45) is 0.770. The summed E-state index contributed by atoms with van der Waals surface area (Å²) in [4.78, 5) is 23.4. The number of halogens is 2. The van der Waals surface area contributed by atoms with Crippen LogP contribution < -0.4 is 10.6 Å². The maximum Gasteiger partial charge on any atom is 0.239 e. The minimum Gasteiger partial charge on any atom is -0.354 e. The molecule has 0 aliphatic carbocycles. The normalized spacial score (nSPS) is 10.2. The zero-order valence-corrected chi connectivity index (χ0v) is 13.8. The van der Waals surface area contributed by atoms with Crippen LogP contribution in [0.25, 0.3) is 0 Å². The van der Waals surface area contributed by atoms with E-state index in [1.165, 1.54) is 12.1 Å². The topological polar surface area (TPSA) is 58.2 Å². The van der Waals surface area contributed by atoms with Crippen molar-refractivity contribution in [3.8, 4) is 0 Å². The molecule has 0 saturated heterocycles. The second-order valence-corrected chi connectivity index (χ2v) is 5.75. The molecule has 4 nitrogen and oxygen atoms in total. The van der Waals surface area contributed by atoms with Crippen molar-refractivity contribution in [2.45, 2.75) is 12.8 Å². The fourth-order valence-corrected chi connectivity index (χ4v) is 2.34. The Balaban J connectivity index is 1.65. The largest absolute Gasteiger partial charge is 0.354 e. The molecule has 0 unspecified atom stereocenters. The Morgan fingerprint density at radius 2 is 1.71 bits per heavy atom. The molecule has 0 aromatic heterocycles. The number of carbonyl (C=O) groups is 2. The summed E-state index contributed by atoms with van der Waals surface area (Å²) in [5.74, 6) is -0.894. The van der Waals surface area contributed by atoms with Crippen molar-refractivity contribution in [1.29, 1.82) is 0 Å². The first-order valence-electron chi connectivity index (χ1n) is 7.55. The predicted octanol–water partition coefficient (Wildman–Crippen LogP) is 2.50. The molecule has 0 bridgehead atoms. The molecule has 0 heterocycles. The number of benzene rings is 2. The quantitative estimate of drug-likeness (QED) is 0.807. The lowest BCUT2D eigenvalue weighted by atomic mass is 10.1.